The van der Waals surface area contributed by atoms with Gasteiger partial charge in [0, 0.05) is 19.6 Å². The minimum absolute atomic E-state index is 0. The molecule has 1 atom stereocenters. The van der Waals surface area contributed by atoms with E-state index >= 15 is 0 Å². The Bertz CT molecular complexity index is 583. The molecule has 0 radical (unpaired) electrons. The fourth-order valence-electron chi connectivity index (χ4n) is 2.32. The maximum absolute atomic E-state index is 12.0. The van der Waals surface area contributed by atoms with Gasteiger partial charge in [-0.05, 0) is 42.9 Å². The fraction of sp³-hybridized carbons (Fsp3) is 0.600. The smallest absolute Gasteiger partial charge is 0.239 e. The molecule has 1 rings (SSSR count). The standard InChI is InChI=1S/C20H34N4O2.HI/c1-15(11-12-20(2,3)4)24-19(21-5)23-14-18(25)22-13-16-7-9-17(26-6)10-8-16;/h7-10,15H,11-14H2,1-6H3,(H,22,25)(H2,21,23,24);1H. The molecule has 0 bridgehead atoms. The predicted octanol–water partition coefficient (Wildman–Crippen LogP) is 3.31. The molecule has 0 heterocycles. The van der Waals surface area contributed by atoms with E-state index in [-0.39, 0.29) is 36.4 Å². The molecule has 0 aromatic heterocycles. The van der Waals surface area contributed by atoms with E-state index < -0.39 is 0 Å². The molecule has 1 aromatic carbocycles. The highest BCUT2D eigenvalue weighted by Gasteiger charge is 2.13. The van der Waals surface area contributed by atoms with Crippen molar-refractivity contribution in [2.45, 2.75) is 53.1 Å². The first-order valence-electron chi connectivity index (χ1n) is 9.10. The summed E-state index contributed by atoms with van der Waals surface area (Å²) in [6.07, 6.45) is 2.17. The number of ether oxygens (including phenoxy) is 1. The number of hydrogen-bond donors (Lipinski definition) is 3. The van der Waals surface area contributed by atoms with E-state index in [1.807, 2.05) is 24.3 Å². The van der Waals surface area contributed by atoms with Crippen molar-refractivity contribution in [1.82, 2.24) is 16.0 Å². The van der Waals surface area contributed by atoms with E-state index in [4.69, 9.17) is 4.74 Å². The molecule has 0 aliphatic rings. The number of aliphatic imine (C=N–C) groups is 1. The Kier molecular flexibility index (Phi) is 12.1. The Morgan fingerprint density at radius 1 is 1.19 bits per heavy atom. The van der Waals surface area contributed by atoms with Crippen LogP contribution in [0.4, 0.5) is 0 Å². The Labute approximate surface area is 181 Å². The third-order valence-corrected chi connectivity index (χ3v) is 4.00. The van der Waals surface area contributed by atoms with Gasteiger partial charge in [0.1, 0.15) is 5.75 Å². The van der Waals surface area contributed by atoms with Crippen LogP contribution in [0, 0.1) is 5.41 Å². The molecule has 0 aliphatic carbocycles. The van der Waals surface area contributed by atoms with Crippen LogP contribution in [-0.4, -0.2) is 38.6 Å². The molecule has 3 N–H and O–H groups in total. The third kappa shape index (κ3) is 11.7. The zero-order chi connectivity index (χ0) is 19.6. The number of halogens is 1. The number of carbonyl (C=O) groups is 1. The summed E-state index contributed by atoms with van der Waals surface area (Å²) >= 11 is 0. The molecule has 6 nitrogen and oxygen atoms in total. The van der Waals surface area contributed by atoms with Crippen LogP contribution in [0.1, 0.15) is 46.1 Å². The van der Waals surface area contributed by atoms with E-state index in [0.29, 0.717) is 24.0 Å². The van der Waals surface area contributed by atoms with E-state index in [0.717, 1.165) is 24.2 Å². The Morgan fingerprint density at radius 3 is 2.33 bits per heavy atom. The van der Waals surface area contributed by atoms with Crippen molar-refractivity contribution in [1.29, 1.82) is 0 Å². The van der Waals surface area contributed by atoms with Crippen molar-refractivity contribution in [3.63, 3.8) is 0 Å². The van der Waals surface area contributed by atoms with Crippen LogP contribution in [0.2, 0.25) is 0 Å². The Hall–Kier alpha value is -1.51. The number of rotatable bonds is 8. The molecular weight excluding hydrogens is 455 g/mol. The number of methoxy groups -OCH3 is 1. The van der Waals surface area contributed by atoms with Gasteiger partial charge in [0.25, 0.3) is 0 Å². The third-order valence-electron chi connectivity index (χ3n) is 4.00. The molecule has 154 valence electrons. The lowest BCUT2D eigenvalue weighted by Gasteiger charge is -2.23. The Balaban J connectivity index is 0.00000676. The SMILES string of the molecule is CN=C(NCC(=O)NCc1ccc(OC)cc1)NC(C)CCC(C)(C)C.I. The number of amides is 1. The van der Waals surface area contributed by atoms with Gasteiger partial charge in [-0.1, -0.05) is 32.9 Å². The molecule has 7 heteroatoms. The van der Waals surface area contributed by atoms with Gasteiger partial charge < -0.3 is 20.7 Å². The van der Waals surface area contributed by atoms with Gasteiger partial charge in [-0.25, -0.2) is 0 Å². The molecular formula is C20H35IN4O2. The van der Waals surface area contributed by atoms with Crippen LogP contribution >= 0.6 is 24.0 Å². The number of carbonyl (C=O) groups excluding carboxylic acids is 1. The largest absolute Gasteiger partial charge is 0.497 e. The first kappa shape index (κ1) is 25.5. The molecule has 1 unspecified atom stereocenters. The molecule has 0 saturated carbocycles. The van der Waals surface area contributed by atoms with Crippen LogP contribution in [0.15, 0.2) is 29.3 Å². The highest BCUT2D eigenvalue weighted by molar-refractivity contribution is 14.0. The first-order valence-corrected chi connectivity index (χ1v) is 9.10. The van der Waals surface area contributed by atoms with Gasteiger partial charge in [0.05, 0.1) is 13.7 Å². The lowest BCUT2D eigenvalue weighted by atomic mass is 9.89. The lowest BCUT2D eigenvalue weighted by Crippen LogP contribution is -2.46. The Morgan fingerprint density at radius 2 is 1.81 bits per heavy atom. The summed E-state index contributed by atoms with van der Waals surface area (Å²) < 4.78 is 5.12. The second-order valence-electron chi connectivity index (χ2n) is 7.70. The summed E-state index contributed by atoms with van der Waals surface area (Å²) in [4.78, 5) is 16.2. The maximum Gasteiger partial charge on any atom is 0.239 e. The zero-order valence-electron chi connectivity index (χ0n) is 17.4. The molecule has 27 heavy (non-hydrogen) atoms. The normalized spacial score (nSPS) is 12.6. The summed E-state index contributed by atoms with van der Waals surface area (Å²) in [6.45, 7) is 9.50. The number of nitrogens with zero attached hydrogens (tertiary/aromatic N) is 1. The lowest BCUT2D eigenvalue weighted by molar-refractivity contribution is -0.120. The van der Waals surface area contributed by atoms with Gasteiger partial charge in [0.2, 0.25) is 5.91 Å². The molecule has 0 aliphatic heterocycles. The zero-order valence-corrected chi connectivity index (χ0v) is 19.7. The summed E-state index contributed by atoms with van der Waals surface area (Å²) in [5, 5.41) is 9.27. The van der Waals surface area contributed by atoms with Crippen molar-refractivity contribution in [3.8, 4) is 5.75 Å². The number of benzene rings is 1. The second kappa shape index (κ2) is 12.8. The van der Waals surface area contributed by atoms with Gasteiger partial charge in [-0.15, -0.1) is 24.0 Å². The van der Waals surface area contributed by atoms with E-state index in [1.165, 1.54) is 0 Å². The first-order chi connectivity index (χ1) is 12.2. The van der Waals surface area contributed by atoms with Gasteiger partial charge in [-0.3, -0.25) is 9.79 Å². The topological polar surface area (TPSA) is 74.8 Å². The number of guanidine groups is 1. The summed E-state index contributed by atoms with van der Waals surface area (Å²) in [5.41, 5.74) is 1.34. The average Bonchev–Trinajstić information content (AvgIpc) is 2.61. The summed E-state index contributed by atoms with van der Waals surface area (Å²) in [6, 6.07) is 7.92. The van der Waals surface area contributed by atoms with Crippen molar-refractivity contribution >= 4 is 35.8 Å². The highest BCUT2D eigenvalue weighted by atomic mass is 127. The number of hydrogen-bond acceptors (Lipinski definition) is 3. The van der Waals surface area contributed by atoms with Crippen molar-refractivity contribution in [2.24, 2.45) is 10.4 Å². The molecule has 0 spiro atoms. The van der Waals surface area contributed by atoms with Crippen LogP contribution < -0.4 is 20.7 Å². The van der Waals surface area contributed by atoms with Gasteiger partial charge in [-0.2, -0.15) is 0 Å². The van der Waals surface area contributed by atoms with Crippen molar-refractivity contribution < 1.29 is 9.53 Å². The van der Waals surface area contributed by atoms with E-state index in [9.17, 15) is 4.79 Å². The van der Waals surface area contributed by atoms with Crippen LogP contribution in [0.3, 0.4) is 0 Å². The quantitative estimate of drug-likeness (QED) is 0.297. The number of nitrogens with one attached hydrogen (secondary N) is 3. The maximum atomic E-state index is 12.0. The summed E-state index contributed by atoms with van der Waals surface area (Å²) in [7, 11) is 3.34. The van der Waals surface area contributed by atoms with Crippen molar-refractivity contribution in [2.75, 3.05) is 20.7 Å². The molecule has 0 saturated heterocycles. The monoisotopic (exact) mass is 490 g/mol. The van der Waals surface area contributed by atoms with E-state index in [1.54, 1.807) is 14.2 Å². The van der Waals surface area contributed by atoms with E-state index in [2.05, 4.69) is 48.6 Å². The average molecular weight is 490 g/mol. The van der Waals surface area contributed by atoms with Crippen LogP contribution in [-0.2, 0) is 11.3 Å². The predicted molar refractivity (Wildman–Crippen MR) is 123 cm³/mol. The van der Waals surface area contributed by atoms with Crippen molar-refractivity contribution in [3.05, 3.63) is 29.8 Å². The van der Waals surface area contributed by atoms with Gasteiger partial charge >= 0.3 is 0 Å². The van der Waals surface area contributed by atoms with Crippen LogP contribution in [0.25, 0.3) is 0 Å². The molecule has 1 aromatic rings. The highest BCUT2D eigenvalue weighted by Crippen LogP contribution is 2.21. The summed E-state index contributed by atoms with van der Waals surface area (Å²) in [5.74, 6) is 1.37. The minimum Gasteiger partial charge on any atom is -0.497 e. The van der Waals surface area contributed by atoms with Gasteiger partial charge in [0.15, 0.2) is 5.96 Å². The second-order valence-corrected chi connectivity index (χ2v) is 7.70. The molecule has 1 amide bonds. The van der Waals surface area contributed by atoms with Crippen LogP contribution in [0.5, 0.6) is 5.75 Å². The molecule has 0 fully saturated rings. The fourth-order valence-corrected chi connectivity index (χ4v) is 2.32. The minimum atomic E-state index is -0.0777.